The Morgan fingerprint density at radius 1 is 1.38 bits per heavy atom. The van der Waals surface area contributed by atoms with Crippen molar-refractivity contribution < 1.29 is 9.53 Å². The molecule has 0 saturated carbocycles. The van der Waals surface area contributed by atoms with Crippen LogP contribution in [0.5, 0.6) is 0 Å². The molecular weight excluding hydrogens is 322 g/mol. The van der Waals surface area contributed by atoms with Gasteiger partial charge in [-0.3, -0.25) is 9.78 Å². The molecule has 5 nitrogen and oxygen atoms in total. The summed E-state index contributed by atoms with van der Waals surface area (Å²) < 4.78 is 5.82. The highest BCUT2D eigenvalue weighted by Gasteiger charge is 2.22. The zero-order chi connectivity index (χ0) is 16.9. The molecular formula is C18H23N3O2S. The molecule has 2 aromatic rings. The van der Waals surface area contributed by atoms with Crippen LogP contribution in [0.15, 0.2) is 17.8 Å². The highest BCUT2D eigenvalue weighted by molar-refractivity contribution is 7.09. The van der Waals surface area contributed by atoms with Crippen LogP contribution in [0.2, 0.25) is 0 Å². The number of fused-ring (bicyclic) bond motifs is 1. The number of thiazole rings is 1. The minimum atomic E-state index is 0.240. The molecule has 0 fully saturated rings. The van der Waals surface area contributed by atoms with Gasteiger partial charge in [-0.2, -0.15) is 0 Å². The maximum Gasteiger partial charge on any atom is 0.222 e. The predicted octanol–water partition coefficient (Wildman–Crippen LogP) is 3.25. The predicted molar refractivity (Wildman–Crippen MR) is 93.6 cm³/mol. The summed E-state index contributed by atoms with van der Waals surface area (Å²) in [6.45, 7) is 6.55. The molecule has 0 bridgehead atoms. The summed E-state index contributed by atoms with van der Waals surface area (Å²) in [4.78, 5) is 22.8. The molecule has 1 aliphatic rings. The van der Waals surface area contributed by atoms with Gasteiger partial charge < -0.3 is 9.64 Å². The third kappa shape index (κ3) is 3.99. The van der Waals surface area contributed by atoms with Crippen molar-refractivity contribution in [3.63, 3.8) is 0 Å². The molecule has 0 spiro atoms. The maximum absolute atomic E-state index is 12.1. The number of aryl methyl sites for hydroxylation is 1. The molecule has 0 radical (unpaired) electrons. The Hall–Kier alpha value is -1.79. The number of pyridine rings is 1. The van der Waals surface area contributed by atoms with Crippen LogP contribution < -0.4 is 0 Å². The first-order valence-electron chi connectivity index (χ1n) is 8.38. The smallest absolute Gasteiger partial charge is 0.222 e. The third-order valence-corrected chi connectivity index (χ3v) is 5.04. The van der Waals surface area contributed by atoms with Gasteiger partial charge in [-0.25, -0.2) is 4.98 Å². The minimum Gasteiger partial charge on any atom is -0.370 e. The molecule has 0 N–H and O–H groups in total. The molecule has 0 unspecified atom stereocenters. The van der Waals surface area contributed by atoms with E-state index in [1.54, 1.807) is 11.3 Å². The van der Waals surface area contributed by atoms with Crippen LogP contribution >= 0.6 is 11.3 Å². The summed E-state index contributed by atoms with van der Waals surface area (Å²) in [5.41, 5.74) is 4.55. The number of carbonyl (C=O) groups excluding carboxylic acids is 1. The van der Waals surface area contributed by atoms with Crippen molar-refractivity contribution in [1.29, 1.82) is 0 Å². The lowest BCUT2D eigenvalue weighted by molar-refractivity contribution is -0.132. The van der Waals surface area contributed by atoms with Crippen LogP contribution in [0.3, 0.4) is 0 Å². The quantitative estimate of drug-likeness (QED) is 0.806. The number of ether oxygens (including phenoxy) is 1. The van der Waals surface area contributed by atoms with Crippen LogP contribution in [-0.4, -0.2) is 27.3 Å². The molecule has 0 saturated heterocycles. The van der Waals surface area contributed by atoms with Crippen LogP contribution in [0.4, 0.5) is 0 Å². The van der Waals surface area contributed by atoms with Gasteiger partial charge in [0.1, 0.15) is 0 Å². The van der Waals surface area contributed by atoms with Crippen molar-refractivity contribution in [2.24, 2.45) is 0 Å². The highest BCUT2D eigenvalue weighted by atomic mass is 32.1. The number of hydrogen-bond acceptors (Lipinski definition) is 5. The monoisotopic (exact) mass is 345 g/mol. The fourth-order valence-corrected chi connectivity index (χ4v) is 3.61. The Kier molecular flexibility index (Phi) is 5.58. The summed E-state index contributed by atoms with van der Waals surface area (Å²) in [6.07, 6.45) is 6.16. The molecule has 0 aliphatic carbocycles. The van der Waals surface area contributed by atoms with E-state index in [2.05, 4.69) is 9.97 Å². The first-order chi connectivity index (χ1) is 11.7. The summed E-state index contributed by atoms with van der Waals surface area (Å²) in [5, 5.41) is 3.09. The molecule has 6 heteroatoms. The van der Waals surface area contributed by atoms with Gasteiger partial charge in [0, 0.05) is 37.3 Å². The molecule has 1 amide bonds. The molecule has 2 aromatic heterocycles. The normalized spacial score (nSPS) is 13.8. The molecule has 3 heterocycles. The van der Waals surface area contributed by atoms with Gasteiger partial charge in [0.2, 0.25) is 5.91 Å². The van der Waals surface area contributed by atoms with Crippen molar-refractivity contribution in [2.45, 2.75) is 52.9 Å². The number of carbonyl (C=O) groups is 1. The summed E-state index contributed by atoms with van der Waals surface area (Å²) >= 11 is 1.64. The Bertz CT molecular complexity index is 714. The van der Waals surface area contributed by atoms with Gasteiger partial charge in [-0.1, -0.05) is 6.92 Å². The molecule has 1 aliphatic heterocycles. The summed E-state index contributed by atoms with van der Waals surface area (Å²) in [7, 11) is 0. The van der Waals surface area contributed by atoms with Crippen LogP contribution in [0, 0.1) is 6.92 Å². The zero-order valence-electron chi connectivity index (χ0n) is 14.2. The van der Waals surface area contributed by atoms with E-state index >= 15 is 0 Å². The van der Waals surface area contributed by atoms with E-state index in [1.807, 2.05) is 36.5 Å². The summed E-state index contributed by atoms with van der Waals surface area (Å²) in [6, 6.07) is 0. The van der Waals surface area contributed by atoms with Crippen LogP contribution in [0.25, 0.3) is 0 Å². The van der Waals surface area contributed by atoms with E-state index < -0.39 is 0 Å². The Balaban J connectivity index is 1.62. The van der Waals surface area contributed by atoms with E-state index in [-0.39, 0.29) is 5.91 Å². The maximum atomic E-state index is 12.1. The van der Waals surface area contributed by atoms with Gasteiger partial charge >= 0.3 is 0 Å². The Morgan fingerprint density at radius 2 is 2.25 bits per heavy atom. The first-order valence-corrected chi connectivity index (χ1v) is 9.26. The van der Waals surface area contributed by atoms with Gasteiger partial charge in [0.15, 0.2) is 0 Å². The van der Waals surface area contributed by atoms with Gasteiger partial charge in [0.05, 0.1) is 23.9 Å². The SMILES string of the molecule is CCCC(=O)N1CCc2c(COCc3csc(C)n3)cncc2C1. The average Bonchev–Trinajstić information content (AvgIpc) is 3.00. The number of rotatable bonds is 6. The van der Waals surface area contributed by atoms with Crippen molar-refractivity contribution >= 4 is 17.2 Å². The Morgan fingerprint density at radius 3 is 3.00 bits per heavy atom. The number of hydrogen-bond donors (Lipinski definition) is 0. The second kappa shape index (κ2) is 7.85. The van der Waals surface area contributed by atoms with E-state index in [4.69, 9.17) is 4.74 Å². The Labute approximate surface area is 146 Å². The minimum absolute atomic E-state index is 0.240. The van der Waals surface area contributed by atoms with Crippen molar-refractivity contribution in [1.82, 2.24) is 14.9 Å². The molecule has 24 heavy (non-hydrogen) atoms. The lowest BCUT2D eigenvalue weighted by Crippen LogP contribution is -2.36. The highest BCUT2D eigenvalue weighted by Crippen LogP contribution is 2.23. The van der Waals surface area contributed by atoms with Crippen molar-refractivity contribution in [3.05, 3.63) is 45.2 Å². The van der Waals surface area contributed by atoms with E-state index in [1.165, 1.54) is 5.56 Å². The second-order valence-corrected chi connectivity index (χ2v) is 7.16. The summed E-state index contributed by atoms with van der Waals surface area (Å²) in [5.74, 6) is 0.240. The van der Waals surface area contributed by atoms with Crippen molar-refractivity contribution in [2.75, 3.05) is 6.54 Å². The fraction of sp³-hybridized carbons (Fsp3) is 0.500. The van der Waals surface area contributed by atoms with Crippen LogP contribution in [-0.2, 0) is 35.7 Å². The average molecular weight is 345 g/mol. The number of aromatic nitrogens is 2. The van der Waals surface area contributed by atoms with Gasteiger partial charge in [0.25, 0.3) is 0 Å². The topological polar surface area (TPSA) is 55.3 Å². The van der Waals surface area contributed by atoms with E-state index in [9.17, 15) is 4.79 Å². The van der Waals surface area contributed by atoms with E-state index in [0.29, 0.717) is 26.2 Å². The number of nitrogens with zero attached hydrogens (tertiary/aromatic N) is 3. The standard InChI is InChI=1S/C18H23N3O2S/c1-3-4-18(22)21-6-5-17-14(9-21)7-19-8-15(17)10-23-11-16-12-24-13(2)20-16/h7-8,12H,3-6,9-11H2,1-2H3. The molecule has 128 valence electrons. The van der Waals surface area contributed by atoms with E-state index in [0.717, 1.165) is 41.2 Å². The fourth-order valence-electron chi connectivity index (χ4n) is 3.02. The second-order valence-electron chi connectivity index (χ2n) is 6.10. The lowest BCUT2D eigenvalue weighted by atomic mass is 9.97. The molecule has 3 rings (SSSR count). The van der Waals surface area contributed by atoms with Crippen molar-refractivity contribution in [3.8, 4) is 0 Å². The molecule has 0 aromatic carbocycles. The molecule has 0 atom stereocenters. The number of amides is 1. The third-order valence-electron chi connectivity index (χ3n) is 4.22. The van der Waals surface area contributed by atoms with Crippen LogP contribution in [0.1, 0.15) is 47.2 Å². The lowest BCUT2D eigenvalue weighted by Gasteiger charge is -2.30. The first kappa shape index (κ1) is 17.0. The zero-order valence-corrected chi connectivity index (χ0v) is 15.1. The van der Waals surface area contributed by atoms with Gasteiger partial charge in [-0.15, -0.1) is 11.3 Å². The largest absolute Gasteiger partial charge is 0.370 e. The van der Waals surface area contributed by atoms with Gasteiger partial charge in [-0.05, 0) is 36.5 Å².